The molecule has 20 heavy (non-hydrogen) atoms. The smallest absolute Gasteiger partial charge is 0.134 e. The fourth-order valence-electron chi connectivity index (χ4n) is 2.65. The molecule has 4 nitrogen and oxygen atoms in total. The molecule has 0 saturated carbocycles. The van der Waals surface area contributed by atoms with Crippen molar-refractivity contribution < 1.29 is 5.11 Å². The van der Waals surface area contributed by atoms with Gasteiger partial charge in [-0.25, -0.2) is 4.98 Å². The minimum atomic E-state index is 0.0437. The van der Waals surface area contributed by atoms with E-state index in [2.05, 4.69) is 39.0 Å². The highest BCUT2D eigenvalue weighted by atomic mass is 16.3. The molecule has 3 rings (SSSR count). The number of anilines is 2. The molecule has 4 heteroatoms. The van der Waals surface area contributed by atoms with Gasteiger partial charge in [0.25, 0.3) is 0 Å². The maximum absolute atomic E-state index is 9.40. The quantitative estimate of drug-likeness (QED) is 0.924. The van der Waals surface area contributed by atoms with E-state index < -0.39 is 0 Å². The highest BCUT2D eigenvalue weighted by molar-refractivity contribution is 5.51. The Morgan fingerprint density at radius 1 is 0.900 bits per heavy atom. The Morgan fingerprint density at radius 3 is 2.30 bits per heavy atom. The topological polar surface area (TPSA) is 39.6 Å². The molecule has 2 aromatic rings. The Kier molecular flexibility index (Phi) is 3.83. The number of nitrogens with zero attached hydrogens (tertiary/aromatic N) is 3. The highest BCUT2D eigenvalue weighted by Crippen LogP contribution is 2.21. The second-order valence-corrected chi connectivity index (χ2v) is 4.95. The van der Waals surface area contributed by atoms with Crippen LogP contribution in [0.3, 0.4) is 0 Å². The van der Waals surface area contributed by atoms with E-state index in [-0.39, 0.29) is 6.61 Å². The molecule has 0 amide bonds. The predicted octanol–water partition coefficient (Wildman–Crippen LogP) is 1.90. The van der Waals surface area contributed by atoms with Gasteiger partial charge in [0.15, 0.2) is 0 Å². The molecule has 2 heterocycles. The summed E-state index contributed by atoms with van der Waals surface area (Å²) in [5.41, 5.74) is 2.18. The van der Waals surface area contributed by atoms with Gasteiger partial charge < -0.3 is 14.9 Å². The zero-order valence-corrected chi connectivity index (χ0v) is 11.4. The minimum absolute atomic E-state index is 0.0437. The molecule has 1 aliphatic heterocycles. The Hall–Kier alpha value is -2.07. The number of piperazine rings is 1. The third kappa shape index (κ3) is 2.60. The number of hydrogen-bond donors (Lipinski definition) is 1. The van der Waals surface area contributed by atoms with Crippen LogP contribution in [0.4, 0.5) is 11.5 Å². The predicted molar refractivity (Wildman–Crippen MR) is 81.0 cm³/mol. The van der Waals surface area contributed by atoms with Crippen molar-refractivity contribution in [3.63, 3.8) is 0 Å². The first-order chi connectivity index (χ1) is 9.88. The number of benzene rings is 1. The summed E-state index contributed by atoms with van der Waals surface area (Å²) in [6, 6.07) is 14.3. The molecule has 0 atom stereocenters. The number of aliphatic hydroxyl groups excluding tert-OH is 1. The Bertz CT molecular complexity index is 551. The molecule has 0 bridgehead atoms. The van der Waals surface area contributed by atoms with E-state index in [0.29, 0.717) is 0 Å². The largest absolute Gasteiger partial charge is 0.392 e. The first kappa shape index (κ1) is 12.9. The van der Waals surface area contributed by atoms with Gasteiger partial charge in [-0.3, -0.25) is 0 Å². The lowest BCUT2D eigenvalue weighted by atomic mass is 10.2. The Labute approximate surface area is 119 Å². The van der Waals surface area contributed by atoms with E-state index in [9.17, 15) is 5.11 Å². The van der Waals surface area contributed by atoms with Crippen LogP contribution in [0.1, 0.15) is 5.56 Å². The van der Waals surface area contributed by atoms with Gasteiger partial charge in [0, 0.05) is 43.6 Å². The molecule has 0 radical (unpaired) electrons. The summed E-state index contributed by atoms with van der Waals surface area (Å²) in [6.45, 7) is 3.86. The number of aromatic nitrogens is 1. The van der Waals surface area contributed by atoms with E-state index in [0.717, 1.165) is 37.6 Å². The molecule has 1 fully saturated rings. The van der Waals surface area contributed by atoms with Crippen LogP contribution in [0.2, 0.25) is 0 Å². The summed E-state index contributed by atoms with van der Waals surface area (Å²) in [5.74, 6) is 0.919. The average molecular weight is 269 g/mol. The SMILES string of the molecule is OCc1cccnc1N1CCN(c2ccccc2)CC1. The van der Waals surface area contributed by atoms with Gasteiger partial charge in [-0.1, -0.05) is 24.3 Å². The van der Waals surface area contributed by atoms with E-state index in [1.165, 1.54) is 5.69 Å². The van der Waals surface area contributed by atoms with Crippen molar-refractivity contribution in [3.05, 3.63) is 54.2 Å². The Morgan fingerprint density at radius 2 is 1.60 bits per heavy atom. The molecular formula is C16H19N3O. The number of hydrogen-bond acceptors (Lipinski definition) is 4. The standard InChI is InChI=1S/C16H19N3O/c20-13-14-5-4-8-17-16(14)19-11-9-18(10-12-19)15-6-2-1-3-7-15/h1-8,20H,9-13H2. The summed E-state index contributed by atoms with van der Waals surface area (Å²) >= 11 is 0. The summed E-state index contributed by atoms with van der Waals surface area (Å²) in [4.78, 5) is 9.06. The van der Waals surface area contributed by atoms with Crippen LogP contribution in [-0.2, 0) is 6.61 Å². The van der Waals surface area contributed by atoms with Gasteiger partial charge >= 0.3 is 0 Å². The van der Waals surface area contributed by atoms with Crippen LogP contribution in [0.15, 0.2) is 48.7 Å². The van der Waals surface area contributed by atoms with Crippen molar-refractivity contribution in [2.45, 2.75) is 6.61 Å². The van der Waals surface area contributed by atoms with Crippen molar-refractivity contribution in [1.82, 2.24) is 4.98 Å². The maximum Gasteiger partial charge on any atom is 0.134 e. The molecule has 1 N–H and O–H groups in total. The lowest BCUT2D eigenvalue weighted by molar-refractivity contribution is 0.281. The van der Waals surface area contributed by atoms with Crippen LogP contribution in [-0.4, -0.2) is 36.3 Å². The molecule has 1 aromatic heterocycles. The monoisotopic (exact) mass is 269 g/mol. The van der Waals surface area contributed by atoms with Crippen molar-refractivity contribution in [3.8, 4) is 0 Å². The zero-order chi connectivity index (χ0) is 13.8. The van der Waals surface area contributed by atoms with Gasteiger partial charge in [0.1, 0.15) is 5.82 Å². The zero-order valence-electron chi connectivity index (χ0n) is 11.4. The summed E-state index contributed by atoms with van der Waals surface area (Å²) in [5, 5.41) is 9.40. The third-order valence-corrected chi connectivity index (χ3v) is 3.74. The number of aliphatic hydroxyl groups is 1. The minimum Gasteiger partial charge on any atom is -0.392 e. The van der Waals surface area contributed by atoms with Crippen LogP contribution < -0.4 is 9.80 Å². The summed E-state index contributed by atoms with van der Waals surface area (Å²) in [6.07, 6.45) is 1.79. The first-order valence-corrected chi connectivity index (χ1v) is 6.98. The number of pyridine rings is 1. The summed E-state index contributed by atoms with van der Waals surface area (Å²) < 4.78 is 0. The van der Waals surface area contributed by atoms with Gasteiger partial charge in [-0.2, -0.15) is 0 Å². The van der Waals surface area contributed by atoms with Crippen LogP contribution in [0.25, 0.3) is 0 Å². The Balaban J connectivity index is 1.70. The highest BCUT2D eigenvalue weighted by Gasteiger charge is 2.19. The molecule has 1 aliphatic rings. The van der Waals surface area contributed by atoms with E-state index in [1.54, 1.807) is 6.20 Å². The lowest BCUT2D eigenvalue weighted by Crippen LogP contribution is -2.47. The molecule has 0 unspecified atom stereocenters. The average Bonchev–Trinajstić information content (AvgIpc) is 2.56. The van der Waals surface area contributed by atoms with Crippen molar-refractivity contribution in [1.29, 1.82) is 0 Å². The van der Waals surface area contributed by atoms with E-state index in [1.807, 2.05) is 18.2 Å². The molecule has 104 valence electrons. The molecule has 1 aromatic carbocycles. The van der Waals surface area contributed by atoms with Crippen molar-refractivity contribution >= 4 is 11.5 Å². The van der Waals surface area contributed by atoms with Crippen molar-refractivity contribution in [2.75, 3.05) is 36.0 Å². The molecule has 1 saturated heterocycles. The summed E-state index contributed by atoms with van der Waals surface area (Å²) in [7, 11) is 0. The van der Waals surface area contributed by atoms with Crippen molar-refractivity contribution in [2.24, 2.45) is 0 Å². The van der Waals surface area contributed by atoms with E-state index >= 15 is 0 Å². The normalized spacial score (nSPS) is 15.4. The lowest BCUT2D eigenvalue weighted by Gasteiger charge is -2.37. The number of rotatable bonds is 3. The molecule has 0 spiro atoms. The fraction of sp³-hybridized carbons (Fsp3) is 0.312. The maximum atomic E-state index is 9.40. The van der Waals surface area contributed by atoms with Gasteiger partial charge in [-0.05, 0) is 18.2 Å². The number of para-hydroxylation sites is 1. The van der Waals surface area contributed by atoms with Crippen LogP contribution in [0, 0.1) is 0 Å². The fourth-order valence-corrected chi connectivity index (χ4v) is 2.65. The first-order valence-electron chi connectivity index (χ1n) is 6.98. The van der Waals surface area contributed by atoms with Crippen LogP contribution in [0.5, 0.6) is 0 Å². The van der Waals surface area contributed by atoms with Crippen LogP contribution >= 0.6 is 0 Å². The third-order valence-electron chi connectivity index (χ3n) is 3.74. The van der Waals surface area contributed by atoms with Gasteiger partial charge in [-0.15, -0.1) is 0 Å². The molecular weight excluding hydrogens is 250 g/mol. The second kappa shape index (κ2) is 5.92. The van der Waals surface area contributed by atoms with Gasteiger partial charge in [0.2, 0.25) is 0 Å². The van der Waals surface area contributed by atoms with Gasteiger partial charge in [0.05, 0.1) is 6.61 Å². The van der Waals surface area contributed by atoms with E-state index in [4.69, 9.17) is 0 Å². The molecule has 0 aliphatic carbocycles. The second-order valence-electron chi connectivity index (χ2n) is 4.95.